The van der Waals surface area contributed by atoms with E-state index in [9.17, 15) is 24.5 Å². The Kier molecular flexibility index (Phi) is 8.64. The Morgan fingerprint density at radius 3 is 2.19 bits per heavy atom. The third-order valence-corrected chi connectivity index (χ3v) is 5.94. The average Bonchev–Trinajstić information content (AvgIpc) is 3.43. The van der Waals surface area contributed by atoms with E-state index in [1.807, 2.05) is 0 Å². The molecule has 2 aromatic carbocycles. The summed E-state index contributed by atoms with van der Waals surface area (Å²) in [6.07, 6.45) is 0. The highest BCUT2D eigenvalue weighted by Crippen LogP contribution is 2.35. The maximum Gasteiger partial charge on any atom is 0.340 e. The number of nitro groups is 1. The Balaban J connectivity index is 1.78. The lowest BCUT2D eigenvalue weighted by molar-refractivity contribution is -0.385. The van der Waals surface area contributed by atoms with Crippen LogP contribution in [-0.2, 0) is 9.53 Å². The fourth-order valence-corrected chi connectivity index (χ4v) is 3.87. The van der Waals surface area contributed by atoms with Gasteiger partial charge in [-0.3, -0.25) is 19.7 Å². The monoisotopic (exact) mass is 529 g/mol. The van der Waals surface area contributed by atoms with Gasteiger partial charge in [0.2, 0.25) is 0 Å². The van der Waals surface area contributed by atoms with Crippen LogP contribution < -0.4 is 24.8 Å². The number of benzene rings is 2. The molecule has 0 aliphatic rings. The zero-order chi connectivity index (χ0) is 27.1. The van der Waals surface area contributed by atoms with Crippen molar-refractivity contribution in [1.82, 2.24) is 0 Å². The SMILES string of the molecule is COc1cc(NC(=O)c2cccs2)c(C(=O)OCC(=O)Nc2cc(OC)c([N+](=O)[O-])cc2C)cc1OC. The van der Waals surface area contributed by atoms with Crippen molar-refractivity contribution in [3.63, 3.8) is 0 Å². The summed E-state index contributed by atoms with van der Waals surface area (Å²) >= 11 is 1.22. The number of methoxy groups -OCH3 is 3. The summed E-state index contributed by atoms with van der Waals surface area (Å²) in [4.78, 5) is 49.0. The molecule has 0 aliphatic carbocycles. The van der Waals surface area contributed by atoms with Crippen molar-refractivity contribution in [3.05, 3.63) is 67.9 Å². The van der Waals surface area contributed by atoms with Gasteiger partial charge in [0.1, 0.15) is 0 Å². The number of hydrogen-bond donors (Lipinski definition) is 2. The molecule has 0 fully saturated rings. The van der Waals surface area contributed by atoms with Gasteiger partial charge < -0.3 is 29.6 Å². The van der Waals surface area contributed by atoms with E-state index in [1.165, 1.54) is 56.9 Å². The summed E-state index contributed by atoms with van der Waals surface area (Å²) in [7, 11) is 4.05. The molecule has 0 aliphatic heterocycles. The van der Waals surface area contributed by atoms with Gasteiger partial charge in [-0.2, -0.15) is 0 Å². The summed E-state index contributed by atoms with van der Waals surface area (Å²) in [5, 5.41) is 18.1. The van der Waals surface area contributed by atoms with Gasteiger partial charge in [0.05, 0.1) is 42.4 Å². The van der Waals surface area contributed by atoms with Crippen LogP contribution >= 0.6 is 11.3 Å². The van der Waals surface area contributed by atoms with E-state index >= 15 is 0 Å². The molecular weight excluding hydrogens is 506 g/mol. The van der Waals surface area contributed by atoms with Crippen molar-refractivity contribution in [3.8, 4) is 17.2 Å². The van der Waals surface area contributed by atoms with Gasteiger partial charge in [-0.1, -0.05) is 6.07 Å². The molecular formula is C24H23N3O9S. The van der Waals surface area contributed by atoms with Crippen molar-refractivity contribution in [1.29, 1.82) is 0 Å². The van der Waals surface area contributed by atoms with Crippen LogP contribution in [0, 0.1) is 17.0 Å². The topological polar surface area (TPSA) is 155 Å². The van der Waals surface area contributed by atoms with Crippen molar-refractivity contribution in [2.45, 2.75) is 6.92 Å². The Labute approximate surface area is 215 Å². The fraction of sp³-hybridized carbons (Fsp3) is 0.208. The highest BCUT2D eigenvalue weighted by Gasteiger charge is 2.22. The molecule has 0 spiro atoms. The van der Waals surface area contributed by atoms with Gasteiger partial charge >= 0.3 is 11.7 Å². The van der Waals surface area contributed by atoms with Gasteiger partial charge in [0.25, 0.3) is 11.8 Å². The van der Waals surface area contributed by atoms with Crippen LogP contribution in [0.5, 0.6) is 17.2 Å². The summed E-state index contributed by atoms with van der Waals surface area (Å²) in [5.41, 5.74) is 0.431. The molecule has 0 unspecified atom stereocenters. The number of thiophene rings is 1. The number of aryl methyl sites for hydroxylation is 1. The summed E-state index contributed by atoms with van der Waals surface area (Å²) < 4.78 is 20.7. The second-order valence-corrected chi connectivity index (χ2v) is 8.35. The number of amides is 2. The number of ether oxygens (including phenoxy) is 4. The fourth-order valence-electron chi connectivity index (χ4n) is 3.25. The molecule has 13 heteroatoms. The van der Waals surface area contributed by atoms with E-state index in [-0.39, 0.29) is 39.9 Å². The normalized spacial score (nSPS) is 10.3. The molecule has 194 valence electrons. The number of esters is 1. The van der Waals surface area contributed by atoms with Crippen molar-refractivity contribution >= 4 is 46.2 Å². The Morgan fingerprint density at radius 2 is 1.59 bits per heavy atom. The first-order valence-corrected chi connectivity index (χ1v) is 11.5. The van der Waals surface area contributed by atoms with Crippen molar-refractivity contribution < 1.29 is 38.3 Å². The Hall–Kier alpha value is -4.65. The zero-order valence-corrected chi connectivity index (χ0v) is 21.1. The van der Waals surface area contributed by atoms with Gasteiger partial charge in [-0.25, -0.2) is 4.79 Å². The number of carbonyl (C=O) groups is 3. The summed E-state index contributed by atoms with van der Waals surface area (Å²) in [6, 6.07) is 8.64. The van der Waals surface area contributed by atoms with Crippen LogP contribution in [0.4, 0.5) is 17.1 Å². The predicted octanol–water partition coefficient (Wildman–Crippen LogP) is 4.04. The van der Waals surface area contributed by atoms with Crippen LogP contribution in [0.3, 0.4) is 0 Å². The molecule has 2 amide bonds. The molecule has 0 saturated heterocycles. The highest BCUT2D eigenvalue weighted by molar-refractivity contribution is 7.12. The maximum atomic E-state index is 12.9. The number of hydrogen-bond acceptors (Lipinski definition) is 10. The quantitative estimate of drug-likeness (QED) is 0.225. The molecule has 37 heavy (non-hydrogen) atoms. The second-order valence-electron chi connectivity index (χ2n) is 7.40. The minimum absolute atomic E-state index is 0.0423. The lowest BCUT2D eigenvalue weighted by atomic mass is 10.1. The lowest BCUT2D eigenvalue weighted by Crippen LogP contribution is -2.22. The van der Waals surface area contributed by atoms with Crippen LogP contribution in [0.25, 0.3) is 0 Å². The molecule has 1 aromatic heterocycles. The van der Waals surface area contributed by atoms with Crippen LogP contribution in [0.15, 0.2) is 41.8 Å². The minimum atomic E-state index is -0.907. The number of nitrogens with one attached hydrogen (secondary N) is 2. The molecule has 0 bridgehead atoms. The van der Waals surface area contributed by atoms with E-state index in [0.29, 0.717) is 10.4 Å². The van der Waals surface area contributed by atoms with Crippen LogP contribution in [0.1, 0.15) is 25.6 Å². The van der Waals surface area contributed by atoms with E-state index in [2.05, 4.69) is 10.6 Å². The number of anilines is 2. The largest absolute Gasteiger partial charge is 0.493 e. The van der Waals surface area contributed by atoms with Crippen molar-refractivity contribution in [2.24, 2.45) is 0 Å². The smallest absolute Gasteiger partial charge is 0.340 e. The first-order chi connectivity index (χ1) is 17.7. The van der Waals surface area contributed by atoms with Crippen LogP contribution in [-0.4, -0.2) is 50.6 Å². The third-order valence-electron chi connectivity index (χ3n) is 5.07. The average molecular weight is 530 g/mol. The molecule has 3 rings (SSSR count). The predicted molar refractivity (Wildman–Crippen MR) is 135 cm³/mol. The second kappa shape index (κ2) is 11.9. The third kappa shape index (κ3) is 6.32. The minimum Gasteiger partial charge on any atom is -0.493 e. The molecule has 12 nitrogen and oxygen atoms in total. The number of rotatable bonds is 10. The lowest BCUT2D eigenvalue weighted by Gasteiger charge is -2.15. The molecule has 3 aromatic rings. The van der Waals surface area contributed by atoms with Gasteiger partial charge in [-0.15, -0.1) is 11.3 Å². The van der Waals surface area contributed by atoms with E-state index in [4.69, 9.17) is 18.9 Å². The van der Waals surface area contributed by atoms with E-state index in [1.54, 1.807) is 24.4 Å². The van der Waals surface area contributed by atoms with Gasteiger partial charge in [0.15, 0.2) is 23.9 Å². The first-order valence-electron chi connectivity index (χ1n) is 10.6. The summed E-state index contributed by atoms with van der Waals surface area (Å²) in [6.45, 7) is 0.893. The molecule has 0 radical (unpaired) electrons. The highest BCUT2D eigenvalue weighted by atomic mass is 32.1. The molecule has 1 heterocycles. The number of carbonyl (C=O) groups excluding carboxylic acids is 3. The van der Waals surface area contributed by atoms with Crippen molar-refractivity contribution in [2.75, 3.05) is 38.6 Å². The van der Waals surface area contributed by atoms with Gasteiger partial charge in [0, 0.05) is 30.0 Å². The van der Waals surface area contributed by atoms with E-state index < -0.39 is 29.3 Å². The number of nitro benzene ring substituents is 1. The molecule has 2 N–H and O–H groups in total. The zero-order valence-electron chi connectivity index (χ0n) is 20.3. The maximum absolute atomic E-state index is 12.9. The Bertz CT molecular complexity index is 1340. The number of nitrogens with zero attached hydrogens (tertiary/aromatic N) is 1. The summed E-state index contributed by atoms with van der Waals surface area (Å²) in [5.74, 6) is -1.62. The molecule has 0 saturated carbocycles. The Morgan fingerprint density at radius 1 is 0.946 bits per heavy atom. The van der Waals surface area contributed by atoms with Crippen LogP contribution in [0.2, 0.25) is 0 Å². The van der Waals surface area contributed by atoms with E-state index in [0.717, 1.165) is 0 Å². The molecule has 0 atom stereocenters. The first kappa shape index (κ1) is 26.9. The standard InChI is InChI=1S/C24H23N3O9S/c1-13-8-17(27(31)32)18(33-2)10-15(13)25-22(28)12-36-24(30)14-9-19(34-3)20(35-4)11-16(14)26-23(29)21-6-5-7-37-21/h5-11H,12H2,1-4H3,(H,25,28)(H,26,29). The van der Waals surface area contributed by atoms with Gasteiger partial charge in [-0.05, 0) is 23.9 Å².